The van der Waals surface area contributed by atoms with E-state index in [9.17, 15) is 9.59 Å². The third kappa shape index (κ3) is 4.37. The van der Waals surface area contributed by atoms with E-state index in [2.05, 4.69) is 10.4 Å². The maximum atomic E-state index is 12.5. The van der Waals surface area contributed by atoms with Gasteiger partial charge in [-0.3, -0.25) is 9.59 Å². The highest BCUT2D eigenvalue weighted by Crippen LogP contribution is 2.25. The Kier molecular flexibility index (Phi) is 5.74. The molecular weight excluding hydrogens is 358 g/mol. The number of nitrogens with zero attached hydrogens (tertiary/aromatic N) is 2. The Labute approximate surface area is 162 Å². The smallest absolute Gasteiger partial charge is 0.267 e. The van der Waals surface area contributed by atoms with E-state index in [4.69, 9.17) is 9.47 Å². The molecule has 0 atom stereocenters. The van der Waals surface area contributed by atoms with Gasteiger partial charge in [-0.2, -0.15) is 5.10 Å². The Morgan fingerprint density at radius 1 is 1.07 bits per heavy atom. The first kappa shape index (κ1) is 19.2. The van der Waals surface area contributed by atoms with Crippen molar-refractivity contribution < 1.29 is 14.3 Å². The molecule has 1 aromatic heterocycles. The van der Waals surface area contributed by atoms with Gasteiger partial charge in [0.25, 0.3) is 5.56 Å². The summed E-state index contributed by atoms with van der Waals surface area (Å²) in [6.45, 7) is 1.70. The van der Waals surface area contributed by atoms with Gasteiger partial charge in [0.1, 0.15) is 18.0 Å². The molecule has 0 aliphatic carbocycles. The van der Waals surface area contributed by atoms with E-state index in [1.807, 2.05) is 37.3 Å². The van der Waals surface area contributed by atoms with Gasteiger partial charge >= 0.3 is 0 Å². The number of benzene rings is 2. The Morgan fingerprint density at radius 2 is 1.89 bits per heavy atom. The Morgan fingerprint density at radius 3 is 2.64 bits per heavy atom. The van der Waals surface area contributed by atoms with Crippen molar-refractivity contribution in [3.63, 3.8) is 0 Å². The normalized spacial score (nSPS) is 10.4. The second-order valence-electron chi connectivity index (χ2n) is 6.20. The number of methoxy groups -OCH3 is 2. The van der Waals surface area contributed by atoms with Crippen LogP contribution < -0.4 is 20.3 Å². The maximum absolute atomic E-state index is 12.5. The van der Waals surface area contributed by atoms with Crippen LogP contribution >= 0.6 is 0 Å². The third-order valence-corrected chi connectivity index (χ3v) is 4.15. The molecule has 0 saturated carbocycles. The van der Waals surface area contributed by atoms with E-state index < -0.39 is 0 Å². The highest BCUT2D eigenvalue weighted by atomic mass is 16.5. The molecule has 7 heteroatoms. The molecule has 2 aromatic carbocycles. The minimum absolute atomic E-state index is 0.215. The monoisotopic (exact) mass is 379 g/mol. The molecule has 0 fully saturated rings. The van der Waals surface area contributed by atoms with Gasteiger partial charge in [-0.15, -0.1) is 0 Å². The molecule has 0 unspecified atom stereocenters. The fraction of sp³-hybridized carbons (Fsp3) is 0.190. The number of carbonyl (C=O) groups is 1. The van der Waals surface area contributed by atoms with E-state index >= 15 is 0 Å². The number of ether oxygens (including phenoxy) is 2. The van der Waals surface area contributed by atoms with Crippen LogP contribution in [0.5, 0.6) is 11.5 Å². The predicted molar refractivity (Wildman–Crippen MR) is 107 cm³/mol. The third-order valence-electron chi connectivity index (χ3n) is 4.15. The summed E-state index contributed by atoms with van der Waals surface area (Å²) in [7, 11) is 3.11. The zero-order valence-corrected chi connectivity index (χ0v) is 15.9. The van der Waals surface area contributed by atoms with Gasteiger partial charge in [0.2, 0.25) is 5.91 Å². The summed E-state index contributed by atoms with van der Waals surface area (Å²) in [6, 6.07) is 15.8. The maximum Gasteiger partial charge on any atom is 0.267 e. The first-order chi connectivity index (χ1) is 13.5. The molecule has 1 N–H and O–H groups in total. The summed E-state index contributed by atoms with van der Waals surface area (Å²) in [6.07, 6.45) is 0. The molecule has 3 aromatic rings. The summed E-state index contributed by atoms with van der Waals surface area (Å²) in [4.78, 5) is 24.6. The summed E-state index contributed by atoms with van der Waals surface area (Å²) in [5.41, 5.74) is 2.52. The molecule has 0 aliphatic rings. The molecule has 7 nitrogen and oxygen atoms in total. The van der Waals surface area contributed by atoms with Crippen molar-refractivity contribution >= 4 is 11.6 Å². The van der Waals surface area contributed by atoms with Gasteiger partial charge in [-0.05, 0) is 42.8 Å². The number of amides is 1. The van der Waals surface area contributed by atoms with Crippen molar-refractivity contribution in [2.24, 2.45) is 0 Å². The van der Waals surface area contributed by atoms with Crippen LogP contribution in [0.2, 0.25) is 0 Å². The molecular formula is C21H21N3O4. The van der Waals surface area contributed by atoms with Crippen LogP contribution in [0.25, 0.3) is 11.3 Å². The van der Waals surface area contributed by atoms with Crippen LogP contribution in [-0.2, 0) is 11.3 Å². The van der Waals surface area contributed by atoms with E-state index in [0.717, 1.165) is 15.8 Å². The lowest BCUT2D eigenvalue weighted by Gasteiger charge is -2.12. The van der Waals surface area contributed by atoms with Crippen LogP contribution in [0.1, 0.15) is 5.56 Å². The van der Waals surface area contributed by atoms with Crippen LogP contribution in [0.3, 0.4) is 0 Å². The first-order valence-corrected chi connectivity index (χ1v) is 8.67. The lowest BCUT2D eigenvalue weighted by atomic mass is 10.1. The zero-order chi connectivity index (χ0) is 20.1. The minimum Gasteiger partial charge on any atom is -0.497 e. The highest BCUT2D eigenvalue weighted by molar-refractivity contribution is 5.92. The summed E-state index contributed by atoms with van der Waals surface area (Å²) in [5, 5.41) is 7.09. The van der Waals surface area contributed by atoms with Crippen molar-refractivity contribution in [1.82, 2.24) is 9.78 Å². The van der Waals surface area contributed by atoms with Crippen molar-refractivity contribution in [3.8, 4) is 22.8 Å². The number of hydrogen-bond acceptors (Lipinski definition) is 5. The quantitative estimate of drug-likeness (QED) is 0.712. The van der Waals surface area contributed by atoms with Gasteiger partial charge in [-0.25, -0.2) is 4.68 Å². The van der Waals surface area contributed by atoms with Crippen LogP contribution in [0.15, 0.2) is 59.4 Å². The van der Waals surface area contributed by atoms with E-state index in [0.29, 0.717) is 22.9 Å². The standard InChI is InChI=1S/C21H21N3O4/c1-14-7-9-19(28-3)18(11-14)22-20(25)13-24-21(26)10-8-17(23-24)15-5-4-6-16(12-15)27-2/h4-12H,13H2,1-3H3,(H,22,25). The molecule has 0 aliphatic heterocycles. The Bertz CT molecular complexity index is 1060. The van der Waals surface area contributed by atoms with Gasteiger partial charge in [-0.1, -0.05) is 18.2 Å². The number of aryl methyl sites for hydroxylation is 1. The summed E-state index contributed by atoms with van der Waals surface area (Å²) in [5.74, 6) is 0.854. The molecule has 0 spiro atoms. The van der Waals surface area contributed by atoms with E-state index in [1.54, 1.807) is 25.3 Å². The van der Waals surface area contributed by atoms with Gasteiger partial charge in [0, 0.05) is 11.6 Å². The topological polar surface area (TPSA) is 82.5 Å². The number of carbonyl (C=O) groups excluding carboxylic acids is 1. The fourth-order valence-electron chi connectivity index (χ4n) is 2.74. The number of rotatable bonds is 6. The molecule has 0 saturated heterocycles. The molecule has 144 valence electrons. The van der Waals surface area contributed by atoms with E-state index in [1.165, 1.54) is 13.2 Å². The largest absolute Gasteiger partial charge is 0.497 e. The average molecular weight is 379 g/mol. The Hall–Kier alpha value is -3.61. The molecule has 0 bridgehead atoms. The molecule has 28 heavy (non-hydrogen) atoms. The van der Waals surface area contributed by atoms with Crippen molar-refractivity contribution in [3.05, 3.63) is 70.5 Å². The molecule has 1 heterocycles. The van der Waals surface area contributed by atoms with Crippen molar-refractivity contribution in [2.75, 3.05) is 19.5 Å². The van der Waals surface area contributed by atoms with Crippen molar-refractivity contribution in [2.45, 2.75) is 13.5 Å². The van der Waals surface area contributed by atoms with Gasteiger partial charge < -0.3 is 14.8 Å². The SMILES string of the molecule is COc1cccc(-c2ccc(=O)n(CC(=O)Nc3cc(C)ccc3OC)n2)c1. The number of anilines is 1. The molecule has 3 rings (SSSR count). The predicted octanol–water partition coefficient (Wildman–Crippen LogP) is 2.87. The van der Waals surface area contributed by atoms with E-state index in [-0.39, 0.29) is 18.0 Å². The summed E-state index contributed by atoms with van der Waals surface area (Å²) >= 11 is 0. The highest BCUT2D eigenvalue weighted by Gasteiger charge is 2.11. The number of hydrogen-bond donors (Lipinski definition) is 1. The van der Waals surface area contributed by atoms with Gasteiger partial charge in [0.05, 0.1) is 25.6 Å². The zero-order valence-electron chi connectivity index (χ0n) is 15.9. The van der Waals surface area contributed by atoms with Crippen molar-refractivity contribution in [1.29, 1.82) is 0 Å². The lowest BCUT2D eigenvalue weighted by Crippen LogP contribution is -2.29. The second kappa shape index (κ2) is 8.39. The second-order valence-corrected chi connectivity index (χ2v) is 6.20. The summed E-state index contributed by atoms with van der Waals surface area (Å²) < 4.78 is 11.6. The van der Waals surface area contributed by atoms with Crippen LogP contribution in [0.4, 0.5) is 5.69 Å². The fourth-order valence-corrected chi connectivity index (χ4v) is 2.74. The first-order valence-electron chi connectivity index (χ1n) is 8.67. The number of aromatic nitrogens is 2. The molecule has 0 radical (unpaired) electrons. The minimum atomic E-state index is -0.374. The lowest BCUT2D eigenvalue weighted by molar-refractivity contribution is -0.117. The molecule has 1 amide bonds. The average Bonchev–Trinajstić information content (AvgIpc) is 2.70. The van der Waals surface area contributed by atoms with Crippen LogP contribution in [-0.4, -0.2) is 29.9 Å². The van der Waals surface area contributed by atoms with Gasteiger partial charge in [0.15, 0.2) is 0 Å². The number of nitrogens with one attached hydrogen (secondary N) is 1. The Balaban J connectivity index is 1.83. The van der Waals surface area contributed by atoms with Crippen LogP contribution in [0, 0.1) is 6.92 Å².